The summed E-state index contributed by atoms with van der Waals surface area (Å²) in [7, 11) is 1.63. The molecule has 0 spiro atoms. The van der Waals surface area contributed by atoms with Crippen LogP contribution in [0.2, 0.25) is 0 Å². The number of rotatable bonds is 5. The molecular weight excluding hydrogens is 684 g/mol. The van der Waals surface area contributed by atoms with Crippen molar-refractivity contribution in [3.8, 4) is 0 Å². The molecule has 8 rings (SSSR count). The number of carbonyl (C=O) groups excluding carboxylic acids is 1. The molecular formula is C41H62O12. The van der Waals surface area contributed by atoms with Crippen molar-refractivity contribution in [3.63, 3.8) is 0 Å². The first-order valence-electron chi connectivity index (χ1n) is 20.6. The van der Waals surface area contributed by atoms with Gasteiger partial charge in [-0.2, -0.15) is 0 Å². The Hall–Kier alpha value is -1.29. The fraction of sp³-hybridized carbons (Fsp3) is 0.878. The highest BCUT2D eigenvalue weighted by Gasteiger charge is 2.61. The van der Waals surface area contributed by atoms with E-state index in [-0.39, 0.29) is 123 Å². The van der Waals surface area contributed by atoms with Gasteiger partial charge in [0.05, 0.1) is 73.8 Å². The van der Waals surface area contributed by atoms with Gasteiger partial charge in [0.1, 0.15) is 36.3 Å². The van der Waals surface area contributed by atoms with Crippen molar-refractivity contribution in [2.75, 3.05) is 13.7 Å². The van der Waals surface area contributed by atoms with Crippen molar-refractivity contribution in [1.82, 2.24) is 0 Å². The summed E-state index contributed by atoms with van der Waals surface area (Å²) in [5.41, 5.74) is 2.16. The quantitative estimate of drug-likeness (QED) is 0.392. The number of ketones is 1. The Morgan fingerprint density at radius 2 is 1.45 bits per heavy atom. The third kappa shape index (κ3) is 7.86. The summed E-state index contributed by atoms with van der Waals surface area (Å²) >= 11 is 0. The first kappa shape index (κ1) is 38.6. The molecule has 19 atom stereocenters. The molecule has 8 aliphatic rings. The van der Waals surface area contributed by atoms with E-state index in [2.05, 4.69) is 27.0 Å². The molecule has 12 heteroatoms. The van der Waals surface area contributed by atoms with Gasteiger partial charge in [-0.25, -0.2) is 0 Å². The zero-order chi connectivity index (χ0) is 37.0. The molecule has 8 saturated heterocycles. The van der Waals surface area contributed by atoms with Gasteiger partial charge in [-0.05, 0) is 68.4 Å². The van der Waals surface area contributed by atoms with Crippen molar-refractivity contribution in [1.29, 1.82) is 0 Å². The van der Waals surface area contributed by atoms with E-state index < -0.39 is 24.6 Å². The van der Waals surface area contributed by atoms with Crippen LogP contribution in [0.25, 0.3) is 0 Å². The van der Waals surface area contributed by atoms with Crippen LogP contribution in [-0.4, -0.2) is 134 Å². The van der Waals surface area contributed by atoms with Crippen LogP contribution in [0.1, 0.15) is 97.3 Å². The number of Topliss-reactive ketones (excluding diaryl/α,β-unsaturated/α-hetero) is 1. The zero-order valence-corrected chi connectivity index (χ0v) is 31.8. The lowest BCUT2D eigenvalue weighted by Crippen LogP contribution is -2.61. The van der Waals surface area contributed by atoms with Crippen molar-refractivity contribution in [3.05, 3.63) is 24.3 Å². The minimum Gasteiger partial charge on any atom is -0.394 e. The van der Waals surface area contributed by atoms with Gasteiger partial charge in [0.2, 0.25) is 0 Å². The molecule has 0 aromatic heterocycles. The molecule has 8 aliphatic heterocycles. The van der Waals surface area contributed by atoms with Gasteiger partial charge < -0.3 is 52.8 Å². The molecule has 2 N–H and O–H groups in total. The maximum absolute atomic E-state index is 14.1. The molecule has 8 heterocycles. The molecule has 298 valence electrons. The predicted octanol–water partition coefficient (Wildman–Crippen LogP) is 4.11. The number of aliphatic hydroxyl groups is 2. The van der Waals surface area contributed by atoms with Gasteiger partial charge in [0.15, 0.2) is 6.29 Å². The van der Waals surface area contributed by atoms with E-state index in [1.165, 1.54) is 0 Å². The van der Waals surface area contributed by atoms with Gasteiger partial charge in [-0.15, -0.1) is 0 Å². The maximum Gasteiger partial charge on any atom is 0.158 e. The molecule has 0 amide bonds. The number of carbonyl (C=O) groups is 1. The zero-order valence-electron chi connectivity index (χ0n) is 31.8. The lowest BCUT2D eigenvalue weighted by molar-refractivity contribution is -0.283. The van der Waals surface area contributed by atoms with Crippen LogP contribution in [0.15, 0.2) is 24.3 Å². The highest BCUT2D eigenvalue weighted by atomic mass is 16.7. The van der Waals surface area contributed by atoms with Crippen LogP contribution in [0.3, 0.4) is 0 Å². The van der Waals surface area contributed by atoms with Gasteiger partial charge in [0.25, 0.3) is 0 Å². The SMILES string of the molecule is C=C1C2CC3OC(CC(O)CO)[C@H](OC)C3CC(=O)C[C@H]3CCC4O[C@@H]5[C@H]6OC(CC)[C@@H]5OC(CCC5CC(=C)[C@H](CCC(C[C@H]1C)O2)O5)O[C@H]6[C@H]4O3. The van der Waals surface area contributed by atoms with E-state index in [0.29, 0.717) is 19.3 Å². The third-order valence-electron chi connectivity index (χ3n) is 13.6. The summed E-state index contributed by atoms with van der Waals surface area (Å²) in [5.74, 6) is 0.0681. The van der Waals surface area contributed by atoms with Crippen LogP contribution in [0, 0.1) is 11.8 Å². The molecule has 0 saturated carbocycles. The van der Waals surface area contributed by atoms with E-state index in [4.69, 9.17) is 42.6 Å². The minimum atomic E-state index is -0.954. The second-order valence-corrected chi connectivity index (χ2v) is 17.2. The molecule has 12 nitrogen and oxygen atoms in total. The third-order valence-corrected chi connectivity index (χ3v) is 13.6. The Bertz CT molecular complexity index is 1330. The van der Waals surface area contributed by atoms with E-state index in [0.717, 1.165) is 56.1 Å². The number of hydrogen-bond acceptors (Lipinski definition) is 12. The van der Waals surface area contributed by atoms with Crippen LogP contribution in [0.4, 0.5) is 0 Å². The summed E-state index contributed by atoms with van der Waals surface area (Å²) in [6.45, 7) is 12.8. The van der Waals surface area contributed by atoms with Crippen molar-refractivity contribution >= 4 is 5.78 Å². The second kappa shape index (κ2) is 16.3. The standard InChI is InChI=1S/C41H62O12/c1-6-29-37-39-41(50-29)40-38-31(51-39)11-8-27(48-38)15-23(43)16-28-33(49-34(36(28)45-5)17-24(44)19-42)18-32-22(4)20(2)13-25(47-32)7-10-30-21(3)14-26(46-30)9-12-35(52-37)53-40/h20,24-42,44H,3-4,6-19H2,1-2,5H3/t20-,24?,25?,26?,27-,28?,29?,30+,31?,32?,33?,34?,35?,36-,37+,38+,39+,40+,41-/m1/s1. The summed E-state index contributed by atoms with van der Waals surface area (Å²) in [6.07, 6.45) is 3.46. The van der Waals surface area contributed by atoms with Gasteiger partial charge >= 0.3 is 0 Å². The van der Waals surface area contributed by atoms with Crippen LogP contribution in [-0.2, 0) is 47.4 Å². The molecule has 0 radical (unpaired) electrons. The summed E-state index contributed by atoms with van der Waals surface area (Å²) in [4.78, 5) is 14.1. The smallest absolute Gasteiger partial charge is 0.158 e. The number of ether oxygens (including phenoxy) is 9. The summed E-state index contributed by atoms with van der Waals surface area (Å²) in [5, 5.41) is 20.1. The summed E-state index contributed by atoms with van der Waals surface area (Å²) in [6, 6.07) is 0. The van der Waals surface area contributed by atoms with Crippen LogP contribution in [0.5, 0.6) is 0 Å². The molecule has 53 heavy (non-hydrogen) atoms. The van der Waals surface area contributed by atoms with E-state index in [1.807, 2.05) is 0 Å². The van der Waals surface area contributed by atoms with Crippen molar-refractivity contribution < 1.29 is 57.6 Å². The molecule has 0 aliphatic carbocycles. The number of methoxy groups -OCH3 is 1. The first-order chi connectivity index (χ1) is 25.6. The molecule has 8 fully saturated rings. The monoisotopic (exact) mass is 746 g/mol. The lowest BCUT2D eigenvalue weighted by Gasteiger charge is -2.47. The lowest BCUT2D eigenvalue weighted by atomic mass is 9.81. The summed E-state index contributed by atoms with van der Waals surface area (Å²) < 4.78 is 59.6. The molecule has 11 bridgehead atoms. The van der Waals surface area contributed by atoms with Crippen molar-refractivity contribution in [2.24, 2.45) is 11.8 Å². The number of aliphatic hydroxyl groups excluding tert-OH is 2. The molecule has 10 unspecified atom stereocenters. The Labute approximate surface area is 314 Å². The minimum absolute atomic E-state index is 0.0270. The maximum atomic E-state index is 14.1. The van der Waals surface area contributed by atoms with E-state index >= 15 is 0 Å². The van der Waals surface area contributed by atoms with Crippen LogP contribution < -0.4 is 0 Å². The predicted molar refractivity (Wildman–Crippen MR) is 191 cm³/mol. The van der Waals surface area contributed by atoms with Gasteiger partial charge in [-0.1, -0.05) is 27.0 Å². The van der Waals surface area contributed by atoms with Gasteiger partial charge in [-0.3, -0.25) is 4.79 Å². The highest BCUT2D eigenvalue weighted by molar-refractivity contribution is 5.79. The Morgan fingerprint density at radius 1 is 0.736 bits per heavy atom. The Kier molecular flexibility index (Phi) is 11.9. The highest BCUT2D eigenvalue weighted by Crippen LogP contribution is 2.46. The van der Waals surface area contributed by atoms with E-state index in [1.54, 1.807) is 7.11 Å². The Balaban J connectivity index is 1.06. The van der Waals surface area contributed by atoms with E-state index in [9.17, 15) is 15.0 Å². The van der Waals surface area contributed by atoms with Gasteiger partial charge in [0, 0.05) is 45.1 Å². The topological polar surface area (TPSA) is 141 Å². The average molecular weight is 747 g/mol. The fourth-order valence-corrected chi connectivity index (χ4v) is 10.8. The number of hydrogen-bond donors (Lipinski definition) is 2. The second-order valence-electron chi connectivity index (χ2n) is 17.2. The largest absolute Gasteiger partial charge is 0.394 e. The first-order valence-corrected chi connectivity index (χ1v) is 20.6. The normalized spacial score (nSPS) is 49.6. The fourth-order valence-electron chi connectivity index (χ4n) is 10.8. The van der Waals surface area contributed by atoms with Crippen molar-refractivity contribution in [2.45, 2.75) is 201 Å². The number of fused-ring (bicyclic) bond motifs is 7. The molecule has 0 aromatic rings. The average Bonchev–Trinajstić information content (AvgIpc) is 3.76. The Morgan fingerprint density at radius 3 is 2.25 bits per heavy atom. The molecule has 0 aromatic carbocycles. The van der Waals surface area contributed by atoms with Crippen LogP contribution >= 0.6 is 0 Å².